The number of fused-ring (bicyclic) bond motifs is 3. The number of benzene rings is 8. The number of anilines is 3. The molecule has 0 N–H and O–H groups in total. The molecule has 0 aliphatic carbocycles. The highest BCUT2D eigenvalue weighted by Crippen LogP contribution is 2.45. The average molecular weight is 566 g/mol. The monoisotopic (exact) mass is 565 g/mol. The van der Waals surface area contributed by atoms with Crippen LogP contribution in [0.4, 0.5) is 17.1 Å². The molecule has 1 aromatic heterocycles. The predicted octanol–water partition coefficient (Wildman–Crippen LogP) is 12.4. The van der Waals surface area contributed by atoms with E-state index in [4.69, 9.17) is 0 Å². The van der Waals surface area contributed by atoms with E-state index in [1.54, 1.807) is 0 Å². The van der Waals surface area contributed by atoms with Crippen molar-refractivity contribution >= 4 is 80.9 Å². The Morgan fingerprint density at radius 2 is 1.19 bits per heavy atom. The molecule has 43 heavy (non-hydrogen) atoms. The van der Waals surface area contributed by atoms with Gasteiger partial charge >= 0.3 is 0 Å². The molecular weight excluding hydrogens is 539 g/mol. The quantitative estimate of drug-likeness (QED) is 0.192. The van der Waals surface area contributed by atoms with Crippen molar-refractivity contribution in [3.8, 4) is 11.1 Å². The van der Waals surface area contributed by atoms with E-state index in [-0.39, 0.29) is 0 Å². The Balaban J connectivity index is 1.24. The first kappa shape index (κ1) is 24.4. The molecule has 9 rings (SSSR count). The highest BCUT2D eigenvalue weighted by Gasteiger charge is 2.19. The molecule has 0 atom stereocenters. The van der Waals surface area contributed by atoms with Crippen molar-refractivity contribution in [3.05, 3.63) is 151 Å². The van der Waals surface area contributed by atoms with Gasteiger partial charge in [-0.1, -0.05) is 109 Å². The van der Waals surface area contributed by atoms with Gasteiger partial charge < -0.3 is 4.90 Å². The van der Waals surface area contributed by atoms with Crippen molar-refractivity contribution in [3.63, 3.8) is 0 Å². The van der Waals surface area contributed by atoms with Gasteiger partial charge in [0.2, 0.25) is 0 Å². The van der Waals surface area contributed by atoms with E-state index in [1.165, 1.54) is 74.9 Å². The summed E-state index contributed by atoms with van der Waals surface area (Å²) in [6.07, 6.45) is 0. The molecule has 0 bridgehead atoms. The Morgan fingerprint density at radius 3 is 2.02 bits per heavy atom. The van der Waals surface area contributed by atoms with Gasteiger partial charge in [0.25, 0.3) is 0 Å². The largest absolute Gasteiger partial charge is 0.310 e. The van der Waals surface area contributed by atoms with Gasteiger partial charge in [-0.15, -0.1) is 11.3 Å². The summed E-state index contributed by atoms with van der Waals surface area (Å²) >= 11 is 1.88. The maximum Gasteiger partial charge on any atom is 0.0540 e. The topological polar surface area (TPSA) is 3.24 Å². The molecular formula is C41H27NS. The summed E-state index contributed by atoms with van der Waals surface area (Å²) in [6, 6.07) is 53.6. The third-order valence-electron chi connectivity index (χ3n) is 8.85. The van der Waals surface area contributed by atoms with E-state index in [0.29, 0.717) is 0 Å². The molecule has 0 fully saturated rings. The summed E-state index contributed by atoms with van der Waals surface area (Å²) in [5.41, 5.74) is 7.27. The fraction of sp³-hybridized carbons (Fsp3) is 0.0244. The number of hydrogen-bond acceptors (Lipinski definition) is 2. The van der Waals surface area contributed by atoms with Gasteiger partial charge in [-0.3, -0.25) is 0 Å². The number of thiophene rings is 1. The van der Waals surface area contributed by atoms with Crippen LogP contribution in [0.5, 0.6) is 0 Å². The molecule has 1 heterocycles. The van der Waals surface area contributed by atoms with Gasteiger partial charge in [0.15, 0.2) is 0 Å². The summed E-state index contributed by atoms with van der Waals surface area (Å²) in [7, 11) is 0. The minimum Gasteiger partial charge on any atom is -0.310 e. The molecule has 8 aromatic carbocycles. The second-order valence-electron chi connectivity index (χ2n) is 11.4. The van der Waals surface area contributed by atoms with Crippen molar-refractivity contribution in [1.29, 1.82) is 0 Å². The van der Waals surface area contributed by atoms with E-state index in [9.17, 15) is 0 Å². The first-order valence-electron chi connectivity index (χ1n) is 14.8. The maximum atomic E-state index is 2.42. The smallest absolute Gasteiger partial charge is 0.0540 e. The lowest BCUT2D eigenvalue weighted by Gasteiger charge is -2.28. The summed E-state index contributed by atoms with van der Waals surface area (Å²) in [5, 5.41) is 10.5. The van der Waals surface area contributed by atoms with E-state index in [2.05, 4.69) is 157 Å². The van der Waals surface area contributed by atoms with Gasteiger partial charge in [-0.05, 0) is 86.9 Å². The zero-order valence-electron chi connectivity index (χ0n) is 23.7. The Morgan fingerprint density at radius 1 is 0.488 bits per heavy atom. The van der Waals surface area contributed by atoms with Crippen LogP contribution in [0.3, 0.4) is 0 Å². The summed E-state index contributed by atoms with van der Waals surface area (Å²) in [5.74, 6) is 0. The van der Waals surface area contributed by atoms with Crippen molar-refractivity contribution in [2.24, 2.45) is 0 Å². The highest BCUT2D eigenvalue weighted by molar-refractivity contribution is 7.26. The molecule has 0 saturated carbocycles. The van der Waals surface area contributed by atoms with Crippen LogP contribution in [-0.4, -0.2) is 0 Å². The van der Waals surface area contributed by atoms with Crippen LogP contribution >= 0.6 is 11.3 Å². The number of aryl methyl sites for hydroxylation is 1. The third-order valence-corrected chi connectivity index (χ3v) is 10.1. The van der Waals surface area contributed by atoms with Gasteiger partial charge in [0.1, 0.15) is 0 Å². The van der Waals surface area contributed by atoms with Gasteiger partial charge in [0, 0.05) is 36.9 Å². The zero-order valence-corrected chi connectivity index (χ0v) is 24.5. The van der Waals surface area contributed by atoms with Crippen molar-refractivity contribution in [1.82, 2.24) is 0 Å². The van der Waals surface area contributed by atoms with Crippen molar-refractivity contribution < 1.29 is 0 Å². The van der Waals surface area contributed by atoms with Crippen LogP contribution in [0.15, 0.2) is 146 Å². The molecule has 0 amide bonds. The highest BCUT2D eigenvalue weighted by atomic mass is 32.1. The minimum atomic E-state index is 1.15. The number of rotatable bonds is 4. The second-order valence-corrected chi connectivity index (χ2v) is 12.5. The maximum absolute atomic E-state index is 2.42. The van der Waals surface area contributed by atoms with Gasteiger partial charge in [-0.2, -0.15) is 0 Å². The molecule has 0 radical (unpaired) electrons. The lowest BCUT2D eigenvalue weighted by Crippen LogP contribution is -2.10. The first-order valence-corrected chi connectivity index (χ1v) is 15.6. The molecule has 0 aliphatic heterocycles. The van der Waals surface area contributed by atoms with Crippen LogP contribution in [-0.2, 0) is 0 Å². The van der Waals surface area contributed by atoms with Crippen LogP contribution in [0.1, 0.15) is 5.56 Å². The third kappa shape index (κ3) is 3.77. The molecule has 0 aliphatic rings. The zero-order chi connectivity index (χ0) is 28.5. The fourth-order valence-corrected chi connectivity index (χ4v) is 8.11. The standard InChI is InChI=1S/C41H27NS/c1-26-7-4-10-32(25-26)42(37-24-20-30-16-15-28-8-5-9-29-19-23-36(37)40(30)39(28)29)31-21-17-27(18-22-31)33-12-6-13-35-34-11-2-3-14-38(34)43-41(33)35/h2-25H,1H3. The number of hydrogen-bond donors (Lipinski definition) is 0. The lowest BCUT2D eigenvalue weighted by atomic mass is 9.93. The summed E-state index contributed by atoms with van der Waals surface area (Å²) in [6.45, 7) is 2.17. The Hall–Kier alpha value is -5.18. The van der Waals surface area contributed by atoms with Crippen LogP contribution in [0.2, 0.25) is 0 Å². The van der Waals surface area contributed by atoms with E-state index in [1.807, 2.05) is 11.3 Å². The normalized spacial score (nSPS) is 11.8. The Bertz CT molecular complexity index is 2450. The van der Waals surface area contributed by atoms with Crippen LogP contribution < -0.4 is 4.90 Å². The lowest BCUT2D eigenvalue weighted by molar-refractivity contribution is 1.28. The van der Waals surface area contributed by atoms with E-state index in [0.717, 1.165) is 11.4 Å². The molecule has 0 unspecified atom stereocenters. The number of nitrogens with zero attached hydrogens (tertiary/aromatic N) is 1. The average Bonchev–Trinajstić information content (AvgIpc) is 3.44. The molecule has 202 valence electrons. The SMILES string of the molecule is Cc1cccc(N(c2ccc(-c3cccc4c3sc3ccccc34)cc2)c2ccc3ccc4cccc5ccc2c3c45)c1. The molecule has 1 nitrogen and oxygen atoms in total. The predicted molar refractivity (Wildman–Crippen MR) is 188 cm³/mol. The van der Waals surface area contributed by atoms with E-state index >= 15 is 0 Å². The Labute approximate surface area is 254 Å². The van der Waals surface area contributed by atoms with Gasteiger partial charge in [-0.25, -0.2) is 0 Å². The Kier molecular flexibility index (Phi) is 5.35. The van der Waals surface area contributed by atoms with Gasteiger partial charge in [0.05, 0.1) is 5.69 Å². The van der Waals surface area contributed by atoms with E-state index < -0.39 is 0 Å². The van der Waals surface area contributed by atoms with Crippen molar-refractivity contribution in [2.45, 2.75) is 6.92 Å². The summed E-state index contributed by atoms with van der Waals surface area (Å²) in [4.78, 5) is 2.42. The van der Waals surface area contributed by atoms with Crippen molar-refractivity contribution in [2.75, 3.05) is 4.90 Å². The molecule has 0 spiro atoms. The molecule has 0 saturated heterocycles. The molecule has 2 heteroatoms. The molecule has 9 aromatic rings. The van der Waals surface area contributed by atoms with Crippen LogP contribution in [0.25, 0.3) is 63.6 Å². The minimum absolute atomic E-state index is 1.15. The second kappa shape index (κ2) is 9.42. The first-order chi connectivity index (χ1) is 21.2. The fourth-order valence-electron chi connectivity index (χ4n) is 6.87. The summed E-state index contributed by atoms with van der Waals surface area (Å²) < 4.78 is 2.68. The van der Waals surface area contributed by atoms with Crippen LogP contribution in [0, 0.1) is 6.92 Å².